The third-order valence-electron chi connectivity index (χ3n) is 5.71. The van der Waals surface area contributed by atoms with Gasteiger partial charge in [0.25, 0.3) is 11.5 Å². The number of carbonyl (C=O) groups excluding carboxylic acids is 1. The van der Waals surface area contributed by atoms with Crippen LogP contribution >= 0.6 is 0 Å². The number of H-pyrrole nitrogens is 1. The molecule has 0 unspecified atom stereocenters. The van der Waals surface area contributed by atoms with Crippen molar-refractivity contribution in [3.05, 3.63) is 92.9 Å². The Kier molecular flexibility index (Phi) is 5.18. The largest absolute Gasteiger partial charge is 0.454 e. The lowest BCUT2D eigenvalue weighted by atomic mass is 10.00. The van der Waals surface area contributed by atoms with Gasteiger partial charge in [0.15, 0.2) is 11.5 Å². The maximum Gasteiger partial charge on any atom is 0.261 e. The summed E-state index contributed by atoms with van der Waals surface area (Å²) in [6, 6.07) is 17.4. The van der Waals surface area contributed by atoms with Crippen LogP contribution in [0.2, 0.25) is 0 Å². The third kappa shape index (κ3) is 4.18. The highest BCUT2D eigenvalue weighted by atomic mass is 16.7. The number of fused-ring (bicyclic) bond motifs is 2. The number of hydrogen-bond acceptors (Lipinski definition) is 5. The molecule has 0 aliphatic carbocycles. The van der Waals surface area contributed by atoms with Crippen LogP contribution in [0.15, 0.2) is 59.4 Å². The fourth-order valence-corrected chi connectivity index (χ4v) is 4.04. The number of pyridine rings is 1. The molecule has 7 heteroatoms. The lowest BCUT2D eigenvalue weighted by Crippen LogP contribution is -2.32. The first-order valence-corrected chi connectivity index (χ1v) is 10.3. The molecule has 0 saturated carbocycles. The summed E-state index contributed by atoms with van der Waals surface area (Å²) in [5, 5.41) is 2.79. The molecule has 2 aliphatic heterocycles. The van der Waals surface area contributed by atoms with Crippen molar-refractivity contribution < 1.29 is 14.3 Å². The molecule has 3 aromatic rings. The Bertz CT molecular complexity index is 1190. The Balaban J connectivity index is 1.21. The molecule has 0 atom stereocenters. The SMILES string of the molecule is O=C(NCc1ccc2c(c1)OCO2)c1ccc(CN2CCc3ccccc3C2)[nH]c1=O. The van der Waals surface area contributed by atoms with Crippen molar-refractivity contribution in [1.29, 1.82) is 0 Å². The van der Waals surface area contributed by atoms with E-state index in [0.29, 0.717) is 24.6 Å². The maximum absolute atomic E-state index is 12.5. The van der Waals surface area contributed by atoms with Gasteiger partial charge in [-0.15, -0.1) is 0 Å². The van der Waals surface area contributed by atoms with Crippen molar-refractivity contribution in [2.24, 2.45) is 0 Å². The minimum atomic E-state index is -0.405. The third-order valence-corrected chi connectivity index (χ3v) is 5.71. The molecular weight excluding hydrogens is 394 g/mol. The molecule has 3 heterocycles. The first-order chi connectivity index (χ1) is 15.2. The van der Waals surface area contributed by atoms with E-state index in [1.165, 1.54) is 11.1 Å². The van der Waals surface area contributed by atoms with Crippen LogP contribution in [0.4, 0.5) is 0 Å². The highest BCUT2D eigenvalue weighted by Crippen LogP contribution is 2.32. The summed E-state index contributed by atoms with van der Waals surface area (Å²) >= 11 is 0. The summed E-state index contributed by atoms with van der Waals surface area (Å²) < 4.78 is 10.6. The van der Waals surface area contributed by atoms with Crippen molar-refractivity contribution in [2.45, 2.75) is 26.1 Å². The standard InChI is InChI=1S/C24H23N3O4/c28-23(25-12-16-5-8-21-22(11-16)31-15-30-21)20-7-6-19(26-24(20)29)14-27-10-9-17-3-1-2-4-18(17)13-27/h1-8,11H,9-10,12-15H2,(H,25,28)(H,26,29). The first-order valence-electron chi connectivity index (χ1n) is 10.3. The van der Waals surface area contributed by atoms with Crippen LogP contribution in [-0.4, -0.2) is 29.1 Å². The zero-order valence-corrected chi connectivity index (χ0v) is 17.0. The predicted octanol–water partition coefficient (Wildman–Crippen LogP) is 2.59. The van der Waals surface area contributed by atoms with Crippen LogP contribution in [0.25, 0.3) is 0 Å². The molecule has 0 bridgehead atoms. The molecule has 0 radical (unpaired) electrons. The fraction of sp³-hybridized carbons (Fsp3) is 0.250. The van der Waals surface area contributed by atoms with Gasteiger partial charge in [-0.25, -0.2) is 0 Å². The van der Waals surface area contributed by atoms with Crippen LogP contribution in [0, 0.1) is 0 Å². The molecule has 0 spiro atoms. The monoisotopic (exact) mass is 417 g/mol. The lowest BCUT2D eigenvalue weighted by Gasteiger charge is -2.28. The van der Waals surface area contributed by atoms with Crippen molar-refractivity contribution in [3.8, 4) is 11.5 Å². The van der Waals surface area contributed by atoms with E-state index < -0.39 is 5.91 Å². The summed E-state index contributed by atoms with van der Waals surface area (Å²) in [6.45, 7) is 2.94. The number of amides is 1. The normalized spacial score (nSPS) is 14.8. The molecule has 7 nitrogen and oxygen atoms in total. The highest BCUT2D eigenvalue weighted by Gasteiger charge is 2.18. The van der Waals surface area contributed by atoms with Crippen molar-refractivity contribution in [3.63, 3.8) is 0 Å². The Morgan fingerprint density at radius 3 is 2.74 bits per heavy atom. The summed E-state index contributed by atoms with van der Waals surface area (Å²) in [5.74, 6) is 0.950. The number of rotatable bonds is 5. The molecule has 2 aliphatic rings. The van der Waals surface area contributed by atoms with Gasteiger partial charge in [-0.3, -0.25) is 14.5 Å². The van der Waals surface area contributed by atoms with Crippen LogP contribution in [-0.2, 0) is 26.1 Å². The van der Waals surface area contributed by atoms with Gasteiger partial charge in [-0.1, -0.05) is 30.3 Å². The molecule has 5 rings (SSSR count). The van der Waals surface area contributed by atoms with Gasteiger partial charge in [-0.2, -0.15) is 0 Å². The number of aromatic nitrogens is 1. The van der Waals surface area contributed by atoms with E-state index in [9.17, 15) is 9.59 Å². The van der Waals surface area contributed by atoms with Gasteiger partial charge in [-0.05, 0) is 47.4 Å². The van der Waals surface area contributed by atoms with Crippen molar-refractivity contribution >= 4 is 5.91 Å². The van der Waals surface area contributed by atoms with Crippen LogP contribution in [0.1, 0.15) is 32.7 Å². The number of nitrogens with one attached hydrogen (secondary N) is 2. The summed E-state index contributed by atoms with van der Waals surface area (Å²) in [7, 11) is 0. The molecule has 1 amide bonds. The Labute approximate surface area is 179 Å². The molecule has 0 fully saturated rings. The van der Waals surface area contributed by atoms with Gasteiger partial charge >= 0.3 is 0 Å². The molecule has 2 aromatic carbocycles. The average molecular weight is 417 g/mol. The second-order valence-corrected chi connectivity index (χ2v) is 7.83. The molecule has 158 valence electrons. The van der Waals surface area contributed by atoms with Gasteiger partial charge in [0.05, 0.1) is 0 Å². The van der Waals surface area contributed by atoms with Crippen molar-refractivity contribution in [2.75, 3.05) is 13.3 Å². The van der Waals surface area contributed by atoms with E-state index in [2.05, 4.69) is 39.5 Å². The predicted molar refractivity (Wildman–Crippen MR) is 115 cm³/mol. The van der Waals surface area contributed by atoms with Crippen LogP contribution < -0.4 is 20.3 Å². The van der Waals surface area contributed by atoms with E-state index >= 15 is 0 Å². The highest BCUT2D eigenvalue weighted by molar-refractivity contribution is 5.93. The van der Waals surface area contributed by atoms with E-state index in [4.69, 9.17) is 9.47 Å². The van der Waals surface area contributed by atoms with E-state index in [0.717, 1.165) is 30.8 Å². The Morgan fingerprint density at radius 1 is 1.03 bits per heavy atom. The maximum atomic E-state index is 12.5. The Hall–Kier alpha value is -3.58. The zero-order chi connectivity index (χ0) is 21.2. The van der Waals surface area contributed by atoms with E-state index in [1.807, 2.05) is 24.3 Å². The number of hydrogen-bond donors (Lipinski definition) is 2. The Morgan fingerprint density at radius 2 is 1.87 bits per heavy atom. The molecule has 31 heavy (non-hydrogen) atoms. The molecule has 1 aromatic heterocycles. The smallest absolute Gasteiger partial charge is 0.261 e. The van der Waals surface area contributed by atoms with E-state index in [-0.39, 0.29) is 17.9 Å². The average Bonchev–Trinajstić information content (AvgIpc) is 3.25. The number of carbonyl (C=O) groups is 1. The molecule has 0 saturated heterocycles. The fourth-order valence-electron chi connectivity index (χ4n) is 4.04. The van der Waals surface area contributed by atoms with Gasteiger partial charge in [0.1, 0.15) is 5.56 Å². The van der Waals surface area contributed by atoms with E-state index in [1.54, 1.807) is 6.07 Å². The minimum Gasteiger partial charge on any atom is -0.454 e. The van der Waals surface area contributed by atoms with Gasteiger partial charge in [0.2, 0.25) is 6.79 Å². The van der Waals surface area contributed by atoms with Crippen LogP contribution in [0.3, 0.4) is 0 Å². The number of benzene rings is 2. The number of aromatic amines is 1. The molecular formula is C24H23N3O4. The van der Waals surface area contributed by atoms with Gasteiger partial charge in [0, 0.05) is 31.9 Å². The zero-order valence-electron chi connectivity index (χ0n) is 17.0. The lowest BCUT2D eigenvalue weighted by molar-refractivity contribution is 0.0949. The number of nitrogens with zero attached hydrogens (tertiary/aromatic N) is 1. The second kappa shape index (κ2) is 8.28. The summed E-state index contributed by atoms with van der Waals surface area (Å²) in [6.07, 6.45) is 1.00. The summed E-state index contributed by atoms with van der Waals surface area (Å²) in [5.41, 5.74) is 4.12. The minimum absolute atomic E-state index is 0.105. The topological polar surface area (TPSA) is 83.7 Å². The van der Waals surface area contributed by atoms with Crippen molar-refractivity contribution in [1.82, 2.24) is 15.2 Å². The first kappa shape index (κ1) is 19.4. The number of ether oxygens (including phenoxy) is 2. The second-order valence-electron chi connectivity index (χ2n) is 7.83. The quantitative estimate of drug-likeness (QED) is 0.667. The molecule has 2 N–H and O–H groups in total. The van der Waals surface area contributed by atoms with Gasteiger partial charge < -0.3 is 19.8 Å². The van der Waals surface area contributed by atoms with Crippen LogP contribution in [0.5, 0.6) is 11.5 Å². The summed E-state index contributed by atoms with van der Waals surface area (Å²) in [4.78, 5) is 30.2.